The van der Waals surface area contributed by atoms with Crippen molar-refractivity contribution in [1.29, 1.82) is 0 Å². The zero-order chi connectivity index (χ0) is 12.3. The molecule has 0 aliphatic carbocycles. The van der Waals surface area contributed by atoms with Crippen molar-refractivity contribution in [2.45, 2.75) is 46.6 Å². The van der Waals surface area contributed by atoms with Gasteiger partial charge in [-0.2, -0.15) is 0 Å². The molecule has 0 heterocycles. The number of hydrogen-bond acceptors (Lipinski definition) is 2. The normalized spacial score (nSPS) is 11.0. The highest BCUT2D eigenvalue weighted by Crippen LogP contribution is 2.33. The lowest BCUT2D eigenvalue weighted by Gasteiger charge is -2.18. The molecule has 16 heavy (non-hydrogen) atoms. The van der Waals surface area contributed by atoms with Crippen LogP contribution < -0.4 is 9.47 Å². The van der Waals surface area contributed by atoms with E-state index in [2.05, 4.69) is 19.9 Å². The summed E-state index contributed by atoms with van der Waals surface area (Å²) in [5.41, 5.74) is 2.32. The Morgan fingerprint density at radius 2 is 1.62 bits per heavy atom. The van der Waals surface area contributed by atoms with E-state index < -0.39 is 0 Å². The number of methoxy groups -OCH3 is 1. The smallest absolute Gasteiger partial charge is 0.123 e. The Balaban J connectivity index is 3.16. The van der Waals surface area contributed by atoms with Crippen molar-refractivity contribution in [2.75, 3.05) is 7.11 Å². The van der Waals surface area contributed by atoms with Crippen LogP contribution >= 0.6 is 0 Å². The first-order chi connectivity index (χ1) is 7.45. The third-order valence-corrected chi connectivity index (χ3v) is 2.51. The lowest BCUT2D eigenvalue weighted by Crippen LogP contribution is -2.07. The van der Waals surface area contributed by atoms with Gasteiger partial charge in [0.05, 0.1) is 13.2 Å². The van der Waals surface area contributed by atoms with Gasteiger partial charge in [-0.15, -0.1) is 0 Å². The van der Waals surface area contributed by atoms with E-state index in [1.807, 2.05) is 26.8 Å². The topological polar surface area (TPSA) is 18.5 Å². The number of benzene rings is 1. The zero-order valence-electron chi connectivity index (χ0n) is 11.1. The highest BCUT2D eigenvalue weighted by Gasteiger charge is 2.12. The molecule has 0 aromatic heterocycles. The fourth-order valence-corrected chi connectivity index (χ4v) is 1.69. The average Bonchev–Trinajstić information content (AvgIpc) is 2.19. The molecule has 2 heteroatoms. The van der Waals surface area contributed by atoms with Crippen LogP contribution in [0.25, 0.3) is 0 Å². The quantitative estimate of drug-likeness (QED) is 0.769. The first-order valence-corrected chi connectivity index (χ1v) is 5.80. The van der Waals surface area contributed by atoms with Crippen LogP contribution in [0.2, 0.25) is 0 Å². The number of hydrogen-bond donors (Lipinski definition) is 0. The summed E-state index contributed by atoms with van der Waals surface area (Å²) in [7, 11) is 1.71. The maximum atomic E-state index is 5.78. The minimum absolute atomic E-state index is 0.201. The molecule has 0 saturated carbocycles. The molecule has 1 aromatic carbocycles. The molecule has 0 N–H and O–H groups in total. The molecule has 1 rings (SSSR count). The van der Waals surface area contributed by atoms with Crippen LogP contribution in [0.4, 0.5) is 0 Å². The summed E-state index contributed by atoms with van der Waals surface area (Å²) in [6, 6.07) is 4.14. The van der Waals surface area contributed by atoms with Crippen LogP contribution in [0.1, 0.15) is 44.7 Å². The van der Waals surface area contributed by atoms with E-state index in [1.165, 1.54) is 5.56 Å². The SMILES string of the molecule is COc1cc(C)c(OC(C)C)cc1C(C)C. The standard InChI is InChI=1S/C14H22O2/c1-9(2)12-8-13(16-10(3)4)11(5)7-14(12)15-6/h7-10H,1-6H3. The summed E-state index contributed by atoms with van der Waals surface area (Å²) < 4.78 is 11.2. The predicted molar refractivity (Wildman–Crippen MR) is 67.6 cm³/mol. The highest BCUT2D eigenvalue weighted by atomic mass is 16.5. The second-order valence-electron chi connectivity index (χ2n) is 4.68. The third-order valence-electron chi connectivity index (χ3n) is 2.51. The molecule has 0 unspecified atom stereocenters. The van der Waals surface area contributed by atoms with Gasteiger partial charge in [-0.25, -0.2) is 0 Å². The fourth-order valence-electron chi connectivity index (χ4n) is 1.69. The van der Waals surface area contributed by atoms with Crippen LogP contribution in [0.3, 0.4) is 0 Å². The van der Waals surface area contributed by atoms with Gasteiger partial charge in [0.1, 0.15) is 11.5 Å². The Bertz CT molecular complexity index is 354. The Kier molecular flexibility index (Phi) is 4.22. The molecule has 90 valence electrons. The van der Waals surface area contributed by atoms with Crippen LogP contribution in [-0.4, -0.2) is 13.2 Å². The van der Waals surface area contributed by atoms with Crippen LogP contribution in [-0.2, 0) is 0 Å². The van der Waals surface area contributed by atoms with Crippen molar-refractivity contribution < 1.29 is 9.47 Å². The van der Waals surface area contributed by atoms with Crippen LogP contribution in [0.5, 0.6) is 11.5 Å². The molecule has 0 aliphatic rings. The van der Waals surface area contributed by atoms with Gasteiger partial charge in [0.2, 0.25) is 0 Å². The fraction of sp³-hybridized carbons (Fsp3) is 0.571. The average molecular weight is 222 g/mol. The van der Waals surface area contributed by atoms with E-state index in [-0.39, 0.29) is 6.10 Å². The minimum Gasteiger partial charge on any atom is -0.496 e. The lowest BCUT2D eigenvalue weighted by atomic mass is 10.00. The molecule has 0 atom stereocenters. The van der Waals surface area contributed by atoms with Gasteiger partial charge in [0.25, 0.3) is 0 Å². The summed E-state index contributed by atoms with van der Waals surface area (Å²) in [6.45, 7) is 10.4. The molecule has 2 nitrogen and oxygen atoms in total. The maximum Gasteiger partial charge on any atom is 0.123 e. The van der Waals surface area contributed by atoms with Crippen LogP contribution in [0, 0.1) is 6.92 Å². The van der Waals surface area contributed by atoms with E-state index in [1.54, 1.807) is 7.11 Å². The highest BCUT2D eigenvalue weighted by molar-refractivity contribution is 5.47. The molecule has 0 amide bonds. The number of rotatable bonds is 4. The molecule has 0 saturated heterocycles. The van der Waals surface area contributed by atoms with E-state index in [0.29, 0.717) is 5.92 Å². The molecule has 1 aromatic rings. The van der Waals surface area contributed by atoms with Gasteiger partial charge < -0.3 is 9.47 Å². The van der Waals surface area contributed by atoms with Gasteiger partial charge in [0.15, 0.2) is 0 Å². The molecular formula is C14H22O2. The minimum atomic E-state index is 0.201. The summed E-state index contributed by atoms with van der Waals surface area (Å²) >= 11 is 0. The van der Waals surface area contributed by atoms with Crippen molar-refractivity contribution in [3.05, 3.63) is 23.3 Å². The van der Waals surface area contributed by atoms with Crippen molar-refractivity contribution >= 4 is 0 Å². The number of aryl methyl sites for hydroxylation is 1. The molecule has 0 radical (unpaired) electrons. The molecule has 0 aliphatic heterocycles. The Morgan fingerprint density at radius 3 is 2.06 bits per heavy atom. The molecule has 0 bridgehead atoms. The Labute approximate surface area is 98.6 Å². The summed E-state index contributed by atoms with van der Waals surface area (Å²) in [5, 5.41) is 0. The van der Waals surface area contributed by atoms with Gasteiger partial charge in [-0.3, -0.25) is 0 Å². The first kappa shape index (κ1) is 12.9. The lowest BCUT2D eigenvalue weighted by molar-refractivity contribution is 0.240. The number of ether oxygens (including phenoxy) is 2. The second-order valence-corrected chi connectivity index (χ2v) is 4.68. The Hall–Kier alpha value is -1.18. The molecule has 0 fully saturated rings. The summed E-state index contributed by atoms with van der Waals surface area (Å²) in [5.74, 6) is 2.34. The summed E-state index contributed by atoms with van der Waals surface area (Å²) in [4.78, 5) is 0. The van der Waals surface area contributed by atoms with E-state index in [0.717, 1.165) is 17.1 Å². The second kappa shape index (κ2) is 5.24. The van der Waals surface area contributed by atoms with E-state index >= 15 is 0 Å². The zero-order valence-corrected chi connectivity index (χ0v) is 11.1. The van der Waals surface area contributed by atoms with Gasteiger partial charge in [-0.1, -0.05) is 13.8 Å². The summed E-state index contributed by atoms with van der Waals surface area (Å²) in [6.07, 6.45) is 0.201. The largest absolute Gasteiger partial charge is 0.496 e. The van der Waals surface area contributed by atoms with E-state index in [9.17, 15) is 0 Å². The molecule has 0 spiro atoms. The van der Waals surface area contributed by atoms with Gasteiger partial charge >= 0.3 is 0 Å². The van der Waals surface area contributed by atoms with Gasteiger partial charge in [-0.05, 0) is 44.4 Å². The van der Waals surface area contributed by atoms with Crippen molar-refractivity contribution in [1.82, 2.24) is 0 Å². The first-order valence-electron chi connectivity index (χ1n) is 5.80. The Morgan fingerprint density at radius 1 is 1.00 bits per heavy atom. The predicted octanol–water partition coefficient (Wildman–Crippen LogP) is 3.91. The van der Waals surface area contributed by atoms with Crippen LogP contribution in [0.15, 0.2) is 12.1 Å². The third kappa shape index (κ3) is 2.91. The van der Waals surface area contributed by atoms with Crippen molar-refractivity contribution in [3.63, 3.8) is 0 Å². The monoisotopic (exact) mass is 222 g/mol. The molecular weight excluding hydrogens is 200 g/mol. The van der Waals surface area contributed by atoms with Crippen molar-refractivity contribution in [2.24, 2.45) is 0 Å². The van der Waals surface area contributed by atoms with E-state index in [4.69, 9.17) is 9.47 Å². The van der Waals surface area contributed by atoms with Crippen molar-refractivity contribution in [3.8, 4) is 11.5 Å². The maximum absolute atomic E-state index is 5.78. The van der Waals surface area contributed by atoms with Gasteiger partial charge in [0, 0.05) is 5.56 Å².